The molecule has 0 aliphatic carbocycles. The van der Waals surface area contributed by atoms with E-state index in [1.54, 1.807) is 24.7 Å². The van der Waals surface area contributed by atoms with Gasteiger partial charge in [-0.2, -0.15) is 0 Å². The van der Waals surface area contributed by atoms with Crippen LogP contribution in [0, 0.1) is 4.64 Å². The van der Waals surface area contributed by atoms with Gasteiger partial charge in [0.05, 0.1) is 19.8 Å². The highest BCUT2D eigenvalue weighted by molar-refractivity contribution is 7.71. The van der Waals surface area contributed by atoms with Crippen molar-refractivity contribution in [3.63, 3.8) is 0 Å². The third-order valence-electron chi connectivity index (χ3n) is 4.51. The first kappa shape index (κ1) is 17.5. The number of hydrogen-bond donors (Lipinski definition) is 1. The fraction of sp³-hybridized carbons (Fsp3) is 0.600. The second-order valence-corrected chi connectivity index (χ2v) is 6.97. The number of ether oxygens (including phenoxy) is 3. The molecule has 0 spiro atoms. The van der Waals surface area contributed by atoms with Gasteiger partial charge in [0.15, 0.2) is 22.8 Å². The average Bonchev–Trinajstić information content (AvgIpc) is 3.24. The molecule has 11 heteroatoms. The lowest BCUT2D eigenvalue weighted by Gasteiger charge is -2.25. The predicted molar refractivity (Wildman–Crippen MR) is 90.2 cm³/mol. The first-order valence-corrected chi connectivity index (χ1v) is 8.46. The van der Waals surface area contributed by atoms with Crippen LogP contribution in [0.4, 0.5) is 0 Å². The van der Waals surface area contributed by atoms with Crippen molar-refractivity contribution in [1.82, 2.24) is 24.6 Å². The summed E-state index contributed by atoms with van der Waals surface area (Å²) in [7, 11) is 2.93. The number of likely N-dealkylation sites (N-methyl/N-ethyl adjacent to an activating group) is 1. The molecule has 10 nitrogen and oxygen atoms in total. The lowest BCUT2D eigenvalue weighted by Crippen LogP contribution is -2.43. The molecule has 2 aromatic heterocycles. The Bertz CT molecular complexity index is 911. The maximum absolute atomic E-state index is 12.6. The van der Waals surface area contributed by atoms with Gasteiger partial charge in [0, 0.05) is 7.05 Å². The molecule has 0 radical (unpaired) electrons. The number of hydrogen-bond acceptors (Lipinski definition) is 8. The number of imidazole rings is 1. The van der Waals surface area contributed by atoms with E-state index in [4.69, 9.17) is 31.3 Å². The molecule has 140 valence electrons. The van der Waals surface area contributed by atoms with Crippen LogP contribution in [0.2, 0.25) is 0 Å². The van der Waals surface area contributed by atoms with Crippen LogP contribution in [-0.4, -0.2) is 68.7 Å². The summed E-state index contributed by atoms with van der Waals surface area (Å²) in [6.07, 6.45) is 0.492. The number of fused-ring (bicyclic) bond motifs is 2. The summed E-state index contributed by atoms with van der Waals surface area (Å²) >= 11 is 5.21. The van der Waals surface area contributed by atoms with Crippen molar-refractivity contribution in [3.05, 3.63) is 17.3 Å². The van der Waals surface area contributed by atoms with E-state index in [0.29, 0.717) is 15.8 Å². The standard InChI is InChI=1S/C15H19N5O5S/c1-15(2)24-8-9(13(21)19(3)22-4)23-14(10(8)25-15)20-6-18-7-11(20)16-5-17-12(7)26/h5-6,8-10,14H,1-4H3,(H,16,17,26)/t8-,9+,10-,14-/m1/s1. The number of carbonyl (C=O) groups is 1. The van der Waals surface area contributed by atoms with Crippen LogP contribution in [0.15, 0.2) is 12.7 Å². The van der Waals surface area contributed by atoms with Crippen molar-refractivity contribution in [2.75, 3.05) is 14.2 Å². The molecule has 4 atom stereocenters. The van der Waals surface area contributed by atoms with Gasteiger partial charge in [-0.25, -0.2) is 15.0 Å². The summed E-state index contributed by atoms with van der Waals surface area (Å²) in [6.45, 7) is 3.60. The van der Waals surface area contributed by atoms with E-state index < -0.39 is 30.3 Å². The number of H-pyrrole nitrogens is 1. The summed E-state index contributed by atoms with van der Waals surface area (Å²) < 4.78 is 20.1. The number of nitrogens with zero attached hydrogens (tertiary/aromatic N) is 4. The Balaban J connectivity index is 1.75. The van der Waals surface area contributed by atoms with Crippen LogP contribution in [0.1, 0.15) is 20.1 Å². The number of hydroxylamine groups is 2. The highest BCUT2D eigenvalue weighted by atomic mass is 32.1. The molecule has 1 N–H and O–H groups in total. The van der Waals surface area contributed by atoms with Crippen molar-refractivity contribution in [3.8, 4) is 0 Å². The third kappa shape index (κ3) is 2.63. The number of rotatable bonds is 3. The third-order valence-corrected chi connectivity index (χ3v) is 4.81. The quantitative estimate of drug-likeness (QED) is 0.619. The molecule has 26 heavy (non-hydrogen) atoms. The molecular formula is C15H19N5O5S. The lowest BCUT2D eigenvalue weighted by molar-refractivity contribution is -0.211. The van der Waals surface area contributed by atoms with Gasteiger partial charge >= 0.3 is 0 Å². The van der Waals surface area contributed by atoms with Crippen LogP contribution < -0.4 is 0 Å². The van der Waals surface area contributed by atoms with Crippen LogP contribution in [-0.2, 0) is 23.8 Å². The number of amides is 1. The predicted octanol–water partition coefficient (Wildman–Crippen LogP) is 0.926. The Hall–Kier alpha value is -1.92. The van der Waals surface area contributed by atoms with E-state index >= 15 is 0 Å². The molecule has 2 aliphatic rings. The smallest absolute Gasteiger partial charge is 0.277 e. The van der Waals surface area contributed by atoms with Crippen molar-refractivity contribution >= 4 is 29.3 Å². The van der Waals surface area contributed by atoms with Gasteiger partial charge in [-0.3, -0.25) is 14.2 Å². The highest BCUT2D eigenvalue weighted by Crippen LogP contribution is 2.44. The number of aromatic nitrogens is 4. The lowest BCUT2D eigenvalue weighted by atomic mass is 10.1. The molecule has 1 amide bonds. The summed E-state index contributed by atoms with van der Waals surface area (Å²) in [6, 6.07) is 0. The Labute approximate surface area is 154 Å². The first-order valence-electron chi connectivity index (χ1n) is 8.05. The molecule has 0 saturated carbocycles. The van der Waals surface area contributed by atoms with E-state index in [1.807, 2.05) is 0 Å². The number of carbonyl (C=O) groups excluding carboxylic acids is 1. The van der Waals surface area contributed by atoms with Crippen LogP contribution in [0.25, 0.3) is 11.2 Å². The summed E-state index contributed by atoms with van der Waals surface area (Å²) in [4.78, 5) is 29.0. The van der Waals surface area contributed by atoms with E-state index in [9.17, 15) is 4.79 Å². The van der Waals surface area contributed by atoms with Crippen LogP contribution in [0.5, 0.6) is 0 Å². The zero-order valence-electron chi connectivity index (χ0n) is 14.7. The normalized spacial score (nSPS) is 29.8. The van der Waals surface area contributed by atoms with E-state index in [2.05, 4.69) is 15.0 Å². The molecule has 4 rings (SSSR count). The monoisotopic (exact) mass is 381 g/mol. The molecule has 4 heterocycles. The number of aromatic amines is 1. The first-order chi connectivity index (χ1) is 12.3. The van der Waals surface area contributed by atoms with Crippen molar-refractivity contribution in [2.45, 2.75) is 44.2 Å². The molecule has 2 saturated heterocycles. The maximum atomic E-state index is 12.6. The molecule has 2 fully saturated rings. The van der Waals surface area contributed by atoms with Crippen LogP contribution in [0.3, 0.4) is 0 Å². The molecular weight excluding hydrogens is 362 g/mol. The van der Waals surface area contributed by atoms with Crippen LogP contribution >= 0.6 is 12.2 Å². The highest BCUT2D eigenvalue weighted by Gasteiger charge is 2.58. The zero-order chi connectivity index (χ0) is 18.6. The Morgan fingerprint density at radius 3 is 2.85 bits per heavy atom. The van der Waals surface area contributed by atoms with Crippen molar-refractivity contribution in [2.24, 2.45) is 0 Å². The Morgan fingerprint density at radius 1 is 1.38 bits per heavy atom. The maximum Gasteiger partial charge on any atom is 0.277 e. The minimum absolute atomic E-state index is 0.356. The molecule has 0 bridgehead atoms. The summed E-state index contributed by atoms with van der Waals surface area (Å²) in [5, 5.41) is 1.11. The fourth-order valence-corrected chi connectivity index (χ4v) is 3.54. The minimum Gasteiger partial charge on any atom is -0.341 e. The summed E-state index contributed by atoms with van der Waals surface area (Å²) in [5.74, 6) is -1.20. The fourth-order valence-electron chi connectivity index (χ4n) is 3.34. The largest absolute Gasteiger partial charge is 0.341 e. The molecule has 0 unspecified atom stereocenters. The number of nitrogens with one attached hydrogen (secondary N) is 1. The van der Waals surface area contributed by atoms with Gasteiger partial charge < -0.3 is 19.2 Å². The van der Waals surface area contributed by atoms with E-state index in [1.165, 1.54) is 20.5 Å². The average molecular weight is 381 g/mol. The van der Waals surface area contributed by atoms with Gasteiger partial charge in [0.25, 0.3) is 5.91 Å². The summed E-state index contributed by atoms with van der Waals surface area (Å²) in [5.41, 5.74) is 1.18. The second-order valence-electron chi connectivity index (χ2n) is 6.59. The van der Waals surface area contributed by atoms with Gasteiger partial charge in [-0.05, 0) is 13.8 Å². The Morgan fingerprint density at radius 2 is 2.12 bits per heavy atom. The zero-order valence-corrected chi connectivity index (χ0v) is 15.5. The topological polar surface area (TPSA) is 104 Å². The van der Waals surface area contributed by atoms with Crippen molar-refractivity contribution in [1.29, 1.82) is 0 Å². The second kappa shape index (κ2) is 6.06. The van der Waals surface area contributed by atoms with Gasteiger partial charge in [0.1, 0.15) is 23.4 Å². The Kier molecular flexibility index (Phi) is 4.08. The SMILES string of the molecule is CON(C)C(=O)[C@H]1O[C@@H](n2cnc3c(=S)nc[nH]c32)[C@@H]2OC(C)(C)O[C@@H]21. The van der Waals surface area contributed by atoms with E-state index in [-0.39, 0.29) is 5.91 Å². The van der Waals surface area contributed by atoms with E-state index in [0.717, 1.165) is 5.06 Å². The molecule has 0 aromatic carbocycles. The minimum atomic E-state index is -0.876. The molecule has 2 aromatic rings. The van der Waals surface area contributed by atoms with Crippen molar-refractivity contribution < 1.29 is 23.8 Å². The van der Waals surface area contributed by atoms with Gasteiger partial charge in [-0.1, -0.05) is 12.2 Å². The van der Waals surface area contributed by atoms with Gasteiger partial charge in [0.2, 0.25) is 0 Å². The molecule has 2 aliphatic heterocycles. The van der Waals surface area contributed by atoms with Gasteiger partial charge in [-0.15, -0.1) is 0 Å².